The highest BCUT2D eigenvalue weighted by atomic mass is 16.5. The zero-order valence-corrected chi connectivity index (χ0v) is 19.9. The number of anilines is 3. The van der Waals surface area contributed by atoms with Gasteiger partial charge >= 0.3 is 5.97 Å². The molecular formula is C26H38N2O2. The predicted molar refractivity (Wildman–Crippen MR) is 128 cm³/mol. The van der Waals surface area contributed by atoms with E-state index in [9.17, 15) is 4.79 Å². The minimum atomic E-state index is -0.283. The van der Waals surface area contributed by atoms with Gasteiger partial charge in [0.05, 0.1) is 12.2 Å². The molecule has 0 aliphatic carbocycles. The molecule has 4 heteroatoms. The maximum Gasteiger partial charge on any atom is 0.338 e. The van der Waals surface area contributed by atoms with E-state index in [1.807, 2.05) is 32.9 Å². The Bertz CT molecular complexity index is 854. The first kappa shape index (κ1) is 23.8. The van der Waals surface area contributed by atoms with Crippen molar-refractivity contribution < 1.29 is 9.53 Å². The molecule has 2 aromatic rings. The van der Waals surface area contributed by atoms with Crippen LogP contribution in [0.3, 0.4) is 0 Å². The summed E-state index contributed by atoms with van der Waals surface area (Å²) in [6, 6.07) is 12.6. The van der Waals surface area contributed by atoms with Gasteiger partial charge in [-0.15, -0.1) is 0 Å². The molecule has 0 unspecified atom stereocenters. The second-order valence-electron chi connectivity index (χ2n) is 8.53. The Labute approximate surface area is 182 Å². The number of carbonyl (C=O) groups excluding carboxylic acids is 1. The zero-order chi connectivity index (χ0) is 22.5. The van der Waals surface area contributed by atoms with Crippen LogP contribution in [0.5, 0.6) is 0 Å². The van der Waals surface area contributed by atoms with Gasteiger partial charge in [-0.2, -0.15) is 0 Å². The number of fused-ring (bicyclic) bond motifs is 1. The largest absolute Gasteiger partial charge is 0.462 e. The summed E-state index contributed by atoms with van der Waals surface area (Å²) in [4.78, 5) is 14.3. The first-order valence-corrected chi connectivity index (χ1v) is 11.2. The number of nitrogens with zero attached hydrogens (tertiary/aromatic N) is 1. The summed E-state index contributed by atoms with van der Waals surface area (Å²) < 4.78 is 5.06. The lowest BCUT2D eigenvalue weighted by Gasteiger charge is -2.43. The van der Waals surface area contributed by atoms with Crippen molar-refractivity contribution in [3.8, 4) is 0 Å². The van der Waals surface area contributed by atoms with Gasteiger partial charge < -0.3 is 15.0 Å². The number of esters is 1. The molecule has 0 bridgehead atoms. The molecule has 4 nitrogen and oxygen atoms in total. The smallest absolute Gasteiger partial charge is 0.338 e. The molecule has 30 heavy (non-hydrogen) atoms. The molecule has 164 valence electrons. The van der Waals surface area contributed by atoms with Crippen molar-refractivity contribution >= 4 is 23.0 Å². The lowest BCUT2D eigenvalue weighted by atomic mass is 9.76. The highest BCUT2D eigenvalue weighted by Crippen LogP contribution is 2.43. The standard InChI is InChI=1S/C24H32N2O2.C2H6/c1-7-28-23(27)18-8-10-19(11-9-18)25-21-15-20-22(14-17(21)4)26(16(2)3)13-12-24(20,5)6;1-2/h8-11,14-16,25H,7,12-13H2,1-6H3;1-2H3. The van der Waals surface area contributed by atoms with Crippen molar-refractivity contribution in [3.05, 3.63) is 53.1 Å². The maximum atomic E-state index is 11.8. The van der Waals surface area contributed by atoms with Crippen molar-refractivity contribution in [1.82, 2.24) is 0 Å². The number of hydrogen-bond donors (Lipinski definition) is 1. The van der Waals surface area contributed by atoms with Crippen molar-refractivity contribution in [2.45, 2.75) is 73.3 Å². The van der Waals surface area contributed by atoms with E-state index in [-0.39, 0.29) is 11.4 Å². The molecule has 1 aliphatic rings. The third-order valence-electron chi connectivity index (χ3n) is 5.66. The molecule has 0 atom stereocenters. The van der Waals surface area contributed by atoms with Crippen molar-refractivity contribution in [1.29, 1.82) is 0 Å². The fourth-order valence-electron chi connectivity index (χ4n) is 3.86. The summed E-state index contributed by atoms with van der Waals surface area (Å²) in [6.45, 7) is 18.6. The summed E-state index contributed by atoms with van der Waals surface area (Å²) in [7, 11) is 0. The molecule has 0 spiro atoms. The number of hydrogen-bond acceptors (Lipinski definition) is 4. The van der Waals surface area contributed by atoms with Crippen molar-refractivity contribution in [2.24, 2.45) is 0 Å². The molecule has 0 amide bonds. The van der Waals surface area contributed by atoms with Crippen LogP contribution in [0.25, 0.3) is 0 Å². The predicted octanol–water partition coefficient (Wildman–Crippen LogP) is 6.84. The van der Waals surface area contributed by atoms with E-state index in [1.165, 1.54) is 16.8 Å². The summed E-state index contributed by atoms with van der Waals surface area (Å²) in [5, 5.41) is 3.53. The Morgan fingerprint density at radius 1 is 1.17 bits per heavy atom. The minimum Gasteiger partial charge on any atom is -0.462 e. The van der Waals surface area contributed by atoms with Gasteiger partial charge in [-0.1, -0.05) is 27.7 Å². The molecule has 0 radical (unpaired) electrons. The molecule has 1 N–H and O–H groups in total. The van der Waals surface area contributed by atoms with E-state index < -0.39 is 0 Å². The first-order valence-electron chi connectivity index (χ1n) is 11.2. The maximum absolute atomic E-state index is 11.8. The van der Waals surface area contributed by atoms with E-state index in [2.05, 4.69) is 57.0 Å². The van der Waals surface area contributed by atoms with Crippen molar-refractivity contribution in [2.75, 3.05) is 23.4 Å². The van der Waals surface area contributed by atoms with Crippen LogP contribution in [-0.4, -0.2) is 25.2 Å². The van der Waals surface area contributed by atoms with Crippen LogP contribution >= 0.6 is 0 Å². The van der Waals surface area contributed by atoms with Gasteiger partial charge in [-0.05, 0) is 87.1 Å². The molecule has 1 aliphatic heterocycles. The minimum absolute atomic E-state index is 0.151. The summed E-state index contributed by atoms with van der Waals surface area (Å²) in [6.07, 6.45) is 1.15. The quantitative estimate of drug-likeness (QED) is 0.548. The first-order chi connectivity index (χ1) is 14.2. The second kappa shape index (κ2) is 10.0. The lowest BCUT2D eigenvalue weighted by molar-refractivity contribution is 0.0526. The Morgan fingerprint density at radius 3 is 2.37 bits per heavy atom. The van der Waals surface area contributed by atoms with Crippen LogP contribution in [0.2, 0.25) is 0 Å². The van der Waals surface area contributed by atoms with E-state index in [0.29, 0.717) is 18.2 Å². The Balaban J connectivity index is 0.00000155. The van der Waals surface area contributed by atoms with Crippen LogP contribution in [-0.2, 0) is 10.2 Å². The van der Waals surface area contributed by atoms with E-state index in [1.54, 1.807) is 12.1 Å². The molecule has 3 rings (SSSR count). The Morgan fingerprint density at radius 2 is 1.80 bits per heavy atom. The monoisotopic (exact) mass is 410 g/mol. The van der Waals surface area contributed by atoms with Crippen LogP contribution in [0.4, 0.5) is 17.1 Å². The number of carbonyl (C=O) groups is 1. The van der Waals surface area contributed by atoms with Gasteiger partial charge in [-0.3, -0.25) is 0 Å². The van der Waals surface area contributed by atoms with Gasteiger partial charge in [0.2, 0.25) is 0 Å². The normalized spacial score (nSPS) is 14.5. The second-order valence-corrected chi connectivity index (χ2v) is 8.53. The molecule has 0 saturated carbocycles. The Kier molecular flexibility index (Phi) is 7.94. The van der Waals surface area contributed by atoms with Gasteiger partial charge in [0.15, 0.2) is 0 Å². The summed E-state index contributed by atoms with van der Waals surface area (Å²) in [5.41, 5.74) is 6.76. The number of aryl methyl sites for hydroxylation is 1. The third kappa shape index (κ3) is 5.16. The molecule has 0 aromatic heterocycles. The molecule has 0 fully saturated rings. The fourth-order valence-corrected chi connectivity index (χ4v) is 3.86. The summed E-state index contributed by atoms with van der Waals surface area (Å²) in [5.74, 6) is -0.283. The molecule has 2 aromatic carbocycles. The fraction of sp³-hybridized carbons (Fsp3) is 0.500. The number of nitrogens with one attached hydrogen (secondary N) is 1. The SMILES string of the molecule is CC.CCOC(=O)c1ccc(Nc2cc3c(cc2C)N(C(C)C)CCC3(C)C)cc1. The molecule has 1 heterocycles. The molecule has 0 saturated heterocycles. The summed E-state index contributed by atoms with van der Waals surface area (Å²) >= 11 is 0. The zero-order valence-electron chi connectivity index (χ0n) is 19.9. The van der Waals surface area contributed by atoms with Crippen LogP contribution < -0.4 is 10.2 Å². The van der Waals surface area contributed by atoms with Crippen LogP contribution in [0, 0.1) is 6.92 Å². The van der Waals surface area contributed by atoms with Gasteiger partial charge in [-0.25, -0.2) is 4.79 Å². The van der Waals surface area contributed by atoms with Crippen molar-refractivity contribution in [3.63, 3.8) is 0 Å². The topological polar surface area (TPSA) is 41.6 Å². The highest BCUT2D eigenvalue weighted by Gasteiger charge is 2.32. The van der Waals surface area contributed by atoms with E-state index in [0.717, 1.165) is 24.3 Å². The average molecular weight is 411 g/mol. The number of benzene rings is 2. The van der Waals surface area contributed by atoms with Crippen LogP contribution in [0.15, 0.2) is 36.4 Å². The lowest BCUT2D eigenvalue weighted by Crippen LogP contribution is -2.41. The van der Waals surface area contributed by atoms with Crippen LogP contribution in [0.1, 0.15) is 76.4 Å². The average Bonchev–Trinajstić information content (AvgIpc) is 2.71. The third-order valence-corrected chi connectivity index (χ3v) is 5.66. The highest BCUT2D eigenvalue weighted by molar-refractivity contribution is 5.90. The molecular weight excluding hydrogens is 372 g/mol. The van der Waals surface area contributed by atoms with Gasteiger partial charge in [0, 0.05) is 29.6 Å². The van der Waals surface area contributed by atoms with Gasteiger partial charge in [0.25, 0.3) is 0 Å². The Hall–Kier alpha value is -2.49. The number of rotatable bonds is 5. The van der Waals surface area contributed by atoms with Gasteiger partial charge in [0.1, 0.15) is 0 Å². The van der Waals surface area contributed by atoms with E-state index in [4.69, 9.17) is 4.74 Å². The van der Waals surface area contributed by atoms with E-state index >= 15 is 0 Å². The number of ether oxygens (including phenoxy) is 1.